The summed E-state index contributed by atoms with van der Waals surface area (Å²) in [6.07, 6.45) is 2.45. The number of halogens is 2. The molecule has 0 bridgehead atoms. The molecule has 5 nitrogen and oxygen atoms in total. The van der Waals surface area contributed by atoms with Crippen LogP contribution in [0.3, 0.4) is 0 Å². The van der Waals surface area contributed by atoms with E-state index in [0.29, 0.717) is 19.5 Å². The van der Waals surface area contributed by atoms with Gasteiger partial charge in [-0.25, -0.2) is 4.79 Å². The smallest absolute Gasteiger partial charge is 0.345 e. The van der Waals surface area contributed by atoms with Gasteiger partial charge in [-0.15, -0.1) is 0 Å². The predicted molar refractivity (Wildman–Crippen MR) is 56.9 cm³/mol. The lowest BCUT2D eigenvalue weighted by atomic mass is 10.2. The van der Waals surface area contributed by atoms with Crippen molar-refractivity contribution in [2.24, 2.45) is 0 Å². The first-order valence-corrected chi connectivity index (χ1v) is 5.71. The molecule has 0 aromatic carbocycles. The molecule has 1 heterocycles. The minimum absolute atomic E-state index is 0.0658. The topological polar surface area (TPSA) is 59.6 Å². The molecule has 1 saturated heterocycles. The number of carbonyl (C=O) groups is 1. The highest BCUT2D eigenvalue weighted by Gasteiger charge is 2.15. The van der Waals surface area contributed by atoms with Crippen LogP contribution in [0.25, 0.3) is 0 Å². The van der Waals surface area contributed by atoms with Gasteiger partial charge in [0.1, 0.15) is 0 Å². The van der Waals surface area contributed by atoms with Crippen LogP contribution in [0.1, 0.15) is 19.3 Å². The molecule has 100 valence electrons. The first-order valence-electron chi connectivity index (χ1n) is 5.71. The average Bonchev–Trinajstić information content (AvgIpc) is 2.78. The van der Waals surface area contributed by atoms with E-state index >= 15 is 0 Å². The Hall–Kier alpha value is -0.950. The van der Waals surface area contributed by atoms with Crippen LogP contribution < -0.4 is 10.6 Å². The van der Waals surface area contributed by atoms with E-state index in [2.05, 4.69) is 15.4 Å². The number of carbonyl (C=O) groups excluding carboxylic acids is 1. The Morgan fingerprint density at radius 3 is 2.94 bits per heavy atom. The van der Waals surface area contributed by atoms with Gasteiger partial charge in [-0.05, 0) is 19.3 Å². The van der Waals surface area contributed by atoms with Gasteiger partial charge < -0.3 is 20.1 Å². The Labute approximate surface area is 98.8 Å². The molecule has 1 aliphatic heterocycles. The zero-order valence-electron chi connectivity index (χ0n) is 9.59. The molecule has 0 aromatic rings. The van der Waals surface area contributed by atoms with E-state index in [9.17, 15) is 13.6 Å². The Morgan fingerprint density at radius 1 is 1.47 bits per heavy atom. The van der Waals surface area contributed by atoms with Gasteiger partial charge in [0.25, 0.3) is 0 Å². The lowest BCUT2D eigenvalue weighted by Crippen LogP contribution is -2.40. The highest BCUT2D eigenvalue weighted by Crippen LogP contribution is 2.10. The van der Waals surface area contributed by atoms with Crippen molar-refractivity contribution >= 4 is 6.03 Å². The number of amides is 2. The summed E-state index contributed by atoms with van der Waals surface area (Å²) >= 11 is 0. The minimum Gasteiger partial charge on any atom is -0.376 e. The molecular formula is C10H18F2N2O3. The fourth-order valence-electron chi connectivity index (χ4n) is 1.52. The quantitative estimate of drug-likeness (QED) is 0.667. The van der Waals surface area contributed by atoms with Gasteiger partial charge in [0.15, 0.2) is 0 Å². The van der Waals surface area contributed by atoms with Crippen LogP contribution in [0, 0.1) is 0 Å². The van der Waals surface area contributed by atoms with Crippen molar-refractivity contribution in [2.75, 3.05) is 26.3 Å². The Morgan fingerprint density at radius 2 is 2.29 bits per heavy atom. The number of ether oxygens (including phenoxy) is 2. The average molecular weight is 252 g/mol. The van der Waals surface area contributed by atoms with E-state index in [0.717, 1.165) is 19.4 Å². The Bertz CT molecular complexity index is 224. The third-order valence-corrected chi connectivity index (χ3v) is 2.36. The molecule has 17 heavy (non-hydrogen) atoms. The normalized spacial score (nSPS) is 19.6. The second kappa shape index (κ2) is 8.19. The summed E-state index contributed by atoms with van der Waals surface area (Å²) in [5.41, 5.74) is 0. The van der Waals surface area contributed by atoms with E-state index < -0.39 is 6.61 Å². The van der Waals surface area contributed by atoms with Gasteiger partial charge in [-0.3, -0.25) is 0 Å². The Kier molecular flexibility index (Phi) is 6.80. The lowest BCUT2D eigenvalue weighted by Gasteiger charge is -2.11. The predicted octanol–water partition coefficient (Wildman–Crippen LogP) is 1.09. The maximum atomic E-state index is 11.6. The van der Waals surface area contributed by atoms with Crippen molar-refractivity contribution in [2.45, 2.75) is 32.0 Å². The fraction of sp³-hybridized carbons (Fsp3) is 0.900. The maximum absolute atomic E-state index is 11.6. The highest BCUT2D eigenvalue weighted by atomic mass is 19.3. The maximum Gasteiger partial charge on any atom is 0.345 e. The SMILES string of the molecule is O=C(NCCCOC(F)F)NC[C@@H]1CCCO1. The summed E-state index contributed by atoms with van der Waals surface area (Å²) in [6.45, 7) is -1.27. The van der Waals surface area contributed by atoms with Crippen LogP contribution in [0.15, 0.2) is 0 Å². The molecule has 0 radical (unpaired) electrons. The van der Waals surface area contributed by atoms with Crippen LogP contribution in [-0.4, -0.2) is 45.0 Å². The van der Waals surface area contributed by atoms with Crippen LogP contribution in [0.2, 0.25) is 0 Å². The molecule has 0 aromatic heterocycles. The molecule has 2 amide bonds. The number of rotatable bonds is 7. The minimum atomic E-state index is -2.75. The summed E-state index contributed by atoms with van der Waals surface area (Å²) in [4.78, 5) is 11.2. The molecule has 1 aliphatic rings. The second-order valence-electron chi connectivity index (χ2n) is 3.76. The molecule has 1 atom stereocenters. The summed E-state index contributed by atoms with van der Waals surface area (Å²) in [7, 11) is 0. The van der Waals surface area contributed by atoms with Crippen molar-refractivity contribution < 1.29 is 23.0 Å². The van der Waals surface area contributed by atoms with Crippen molar-refractivity contribution in [3.05, 3.63) is 0 Å². The van der Waals surface area contributed by atoms with Crippen LogP contribution in [0.4, 0.5) is 13.6 Å². The number of nitrogens with one attached hydrogen (secondary N) is 2. The monoisotopic (exact) mass is 252 g/mol. The van der Waals surface area contributed by atoms with Gasteiger partial charge in [0.05, 0.1) is 12.7 Å². The molecule has 0 saturated carbocycles. The molecule has 7 heteroatoms. The zero-order chi connectivity index (χ0) is 12.5. The van der Waals surface area contributed by atoms with Gasteiger partial charge in [-0.1, -0.05) is 0 Å². The molecule has 1 rings (SSSR count). The lowest BCUT2D eigenvalue weighted by molar-refractivity contribution is -0.128. The van der Waals surface area contributed by atoms with E-state index in [1.54, 1.807) is 0 Å². The number of alkyl halides is 2. The number of hydrogen-bond donors (Lipinski definition) is 2. The van der Waals surface area contributed by atoms with Crippen molar-refractivity contribution in [3.8, 4) is 0 Å². The molecular weight excluding hydrogens is 234 g/mol. The van der Waals surface area contributed by atoms with Gasteiger partial charge in [-0.2, -0.15) is 8.78 Å². The molecule has 0 unspecified atom stereocenters. The highest BCUT2D eigenvalue weighted by molar-refractivity contribution is 5.73. The molecule has 2 N–H and O–H groups in total. The van der Waals surface area contributed by atoms with E-state index in [1.165, 1.54) is 0 Å². The van der Waals surface area contributed by atoms with Crippen molar-refractivity contribution in [3.63, 3.8) is 0 Å². The van der Waals surface area contributed by atoms with E-state index in [4.69, 9.17) is 4.74 Å². The van der Waals surface area contributed by atoms with Crippen LogP contribution in [0.5, 0.6) is 0 Å². The fourth-order valence-corrected chi connectivity index (χ4v) is 1.52. The summed E-state index contributed by atoms with van der Waals surface area (Å²) < 4.78 is 32.5. The van der Waals surface area contributed by atoms with Gasteiger partial charge in [0.2, 0.25) is 0 Å². The molecule has 0 spiro atoms. The van der Waals surface area contributed by atoms with Crippen molar-refractivity contribution in [1.82, 2.24) is 10.6 Å². The standard InChI is InChI=1S/C10H18F2N2O3/c11-9(12)17-6-2-4-13-10(15)14-7-8-3-1-5-16-8/h8-9H,1-7H2,(H2,13,14,15)/t8-/m0/s1. The van der Waals surface area contributed by atoms with Gasteiger partial charge in [0, 0.05) is 19.7 Å². The number of hydrogen-bond acceptors (Lipinski definition) is 3. The third-order valence-electron chi connectivity index (χ3n) is 2.36. The molecule has 1 fully saturated rings. The van der Waals surface area contributed by atoms with E-state index in [-0.39, 0.29) is 18.7 Å². The first-order chi connectivity index (χ1) is 8.18. The molecule has 0 aliphatic carbocycles. The number of urea groups is 1. The second-order valence-corrected chi connectivity index (χ2v) is 3.76. The summed E-state index contributed by atoms with van der Waals surface area (Å²) in [6, 6.07) is -0.308. The summed E-state index contributed by atoms with van der Waals surface area (Å²) in [5, 5.41) is 5.21. The third kappa shape index (κ3) is 7.06. The Balaban J connectivity index is 1.90. The summed E-state index contributed by atoms with van der Waals surface area (Å²) in [5.74, 6) is 0. The largest absolute Gasteiger partial charge is 0.376 e. The van der Waals surface area contributed by atoms with E-state index in [1.807, 2.05) is 0 Å². The van der Waals surface area contributed by atoms with Gasteiger partial charge >= 0.3 is 12.6 Å². The van der Waals surface area contributed by atoms with Crippen molar-refractivity contribution in [1.29, 1.82) is 0 Å². The zero-order valence-corrected chi connectivity index (χ0v) is 9.59. The first kappa shape index (κ1) is 14.1. The van der Waals surface area contributed by atoms with Crippen LogP contribution >= 0.6 is 0 Å². The van der Waals surface area contributed by atoms with Crippen LogP contribution in [-0.2, 0) is 9.47 Å².